The molecule has 0 spiro atoms. The number of benzene rings is 2. The Morgan fingerprint density at radius 2 is 1.73 bits per heavy atom. The SMILES string of the molecule is Cc1cc(C)cc(C(=O)N(C)CC(CCN2CCN(c3nc(C)nc4c3SCCC4)CC2)c2ccc(Cl)c(Cl)c2)c1. The molecule has 5 rings (SSSR count). The Kier molecular flexibility index (Phi) is 9.80. The zero-order valence-corrected chi connectivity index (χ0v) is 26.7. The van der Waals surface area contributed by atoms with Crippen LogP contribution in [0, 0.1) is 20.8 Å². The van der Waals surface area contributed by atoms with Crippen molar-refractivity contribution in [3.63, 3.8) is 0 Å². The van der Waals surface area contributed by atoms with Gasteiger partial charge in [-0.05, 0) is 82.2 Å². The lowest BCUT2D eigenvalue weighted by Crippen LogP contribution is -2.47. The molecular weight excluding hydrogens is 573 g/mol. The van der Waals surface area contributed by atoms with Crippen LogP contribution in [0.25, 0.3) is 0 Å². The molecule has 0 bridgehead atoms. The van der Waals surface area contributed by atoms with E-state index in [1.165, 1.54) is 17.0 Å². The number of aryl methyl sites for hydroxylation is 4. The minimum Gasteiger partial charge on any atom is -0.353 e. The molecule has 0 N–H and O–H groups in total. The molecule has 41 heavy (non-hydrogen) atoms. The van der Waals surface area contributed by atoms with E-state index in [1.807, 2.05) is 74.8 Å². The number of nitrogens with zero attached hydrogens (tertiary/aromatic N) is 5. The third-order valence-corrected chi connectivity index (χ3v) is 9.96. The molecule has 0 radical (unpaired) electrons. The van der Waals surface area contributed by atoms with Gasteiger partial charge in [0.25, 0.3) is 5.91 Å². The van der Waals surface area contributed by atoms with Gasteiger partial charge in [0.05, 0.1) is 20.6 Å². The van der Waals surface area contributed by atoms with Crippen LogP contribution >= 0.6 is 35.0 Å². The van der Waals surface area contributed by atoms with E-state index in [9.17, 15) is 4.79 Å². The molecular formula is C32H39Cl2N5OS. The average Bonchev–Trinajstić information content (AvgIpc) is 2.95. The maximum absolute atomic E-state index is 13.4. The number of amides is 1. The summed E-state index contributed by atoms with van der Waals surface area (Å²) in [7, 11) is 1.89. The second-order valence-corrected chi connectivity index (χ2v) is 13.3. The van der Waals surface area contributed by atoms with E-state index in [0.29, 0.717) is 16.6 Å². The van der Waals surface area contributed by atoms with Crippen molar-refractivity contribution in [3.05, 3.63) is 80.2 Å². The number of aromatic nitrogens is 2. The van der Waals surface area contributed by atoms with Crippen LogP contribution in [0.5, 0.6) is 0 Å². The number of thioether (sulfide) groups is 1. The standard InChI is InChI=1S/C32H39Cl2N5OS/c1-21-16-22(2)18-26(17-21)32(40)37(4)20-25(24-7-8-27(33)28(34)19-24)9-10-38-11-13-39(14-12-38)31-30-29(6-5-15-41-30)35-23(3)36-31/h7-8,16-19,25H,5-6,9-15,20H2,1-4H3. The molecule has 1 saturated heterocycles. The Bertz CT molecular complexity index is 1390. The summed E-state index contributed by atoms with van der Waals surface area (Å²) in [5.74, 6) is 3.31. The maximum atomic E-state index is 13.4. The summed E-state index contributed by atoms with van der Waals surface area (Å²) in [5, 5.41) is 1.10. The Hall–Kier alpha value is -2.32. The predicted molar refractivity (Wildman–Crippen MR) is 171 cm³/mol. The topological polar surface area (TPSA) is 52.6 Å². The van der Waals surface area contributed by atoms with Crippen molar-refractivity contribution in [1.29, 1.82) is 0 Å². The maximum Gasteiger partial charge on any atom is 0.253 e. The molecule has 2 aromatic carbocycles. The Morgan fingerprint density at radius 3 is 2.44 bits per heavy atom. The third kappa shape index (κ3) is 7.37. The lowest BCUT2D eigenvalue weighted by molar-refractivity contribution is 0.0782. The van der Waals surface area contributed by atoms with Crippen LogP contribution < -0.4 is 4.90 Å². The van der Waals surface area contributed by atoms with Crippen LogP contribution in [0.2, 0.25) is 10.0 Å². The minimum atomic E-state index is 0.0387. The monoisotopic (exact) mass is 611 g/mol. The first-order chi connectivity index (χ1) is 19.7. The highest BCUT2D eigenvalue weighted by Crippen LogP contribution is 2.36. The first kappa shape index (κ1) is 30.1. The van der Waals surface area contributed by atoms with Gasteiger partial charge in [0.15, 0.2) is 0 Å². The molecule has 1 unspecified atom stereocenters. The molecule has 218 valence electrons. The van der Waals surface area contributed by atoms with Gasteiger partial charge in [0.1, 0.15) is 11.6 Å². The van der Waals surface area contributed by atoms with Crippen LogP contribution in [0.1, 0.15) is 57.3 Å². The summed E-state index contributed by atoms with van der Waals surface area (Å²) in [5.41, 5.74) is 5.25. The first-order valence-electron chi connectivity index (χ1n) is 14.4. The third-order valence-electron chi connectivity index (χ3n) is 8.02. The largest absolute Gasteiger partial charge is 0.353 e. The van der Waals surface area contributed by atoms with Crippen LogP contribution in [0.3, 0.4) is 0 Å². The van der Waals surface area contributed by atoms with Crippen molar-refractivity contribution in [1.82, 2.24) is 19.8 Å². The zero-order valence-electron chi connectivity index (χ0n) is 24.4. The van der Waals surface area contributed by atoms with Crippen LogP contribution in [-0.4, -0.2) is 77.7 Å². The highest BCUT2D eigenvalue weighted by Gasteiger charge is 2.26. The van der Waals surface area contributed by atoms with E-state index < -0.39 is 0 Å². The summed E-state index contributed by atoms with van der Waals surface area (Å²) in [6.45, 7) is 11.5. The van der Waals surface area contributed by atoms with Crippen LogP contribution in [0.15, 0.2) is 41.3 Å². The summed E-state index contributed by atoms with van der Waals surface area (Å²) < 4.78 is 0. The minimum absolute atomic E-state index is 0.0387. The number of hydrogen-bond donors (Lipinski definition) is 0. The quantitative estimate of drug-likeness (QED) is 0.279. The molecule has 3 heterocycles. The molecule has 1 fully saturated rings. The highest BCUT2D eigenvalue weighted by atomic mass is 35.5. The lowest BCUT2D eigenvalue weighted by Gasteiger charge is -2.37. The van der Waals surface area contributed by atoms with E-state index in [2.05, 4.69) is 15.9 Å². The molecule has 1 aromatic heterocycles. The van der Waals surface area contributed by atoms with Crippen molar-refractivity contribution < 1.29 is 4.79 Å². The molecule has 2 aliphatic heterocycles. The molecule has 6 nitrogen and oxygen atoms in total. The van der Waals surface area contributed by atoms with Gasteiger partial charge in [-0.1, -0.05) is 46.5 Å². The molecule has 3 aromatic rings. The Morgan fingerprint density at radius 1 is 1.00 bits per heavy atom. The van der Waals surface area contributed by atoms with E-state index in [1.54, 1.807) is 0 Å². The number of rotatable bonds is 8. The van der Waals surface area contributed by atoms with Gasteiger partial charge in [-0.15, -0.1) is 11.8 Å². The summed E-state index contributed by atoms with van der Waals surface area (Å²) in [6, 6.07) is 11.9. The fourth-order valence-corrected chi connectivity index (χ4v) is 7.35. The van der Waals surface area contributed by atoms with Crippen molar-refractivity contribution in [2.24, 2.45) is 0 Å². The molecule has 9 heteroatoms. The number of carbonyl (C=O) groups is 1. The van der Waals surface area contributed by atoms with Crippen molar-refractivity contribution >= 4 is 46.7 Å². The Balaban J connectivity index is 1.25. The summed E-state index contributed by atoms with van der Waals surface area (Å²) in [4.78, 5) is 31.1. The number of fused-ring (bicyclic) bond motifs is 1. The molecule has 2 aliphatic rings. The predicted octanol–water partition coefficient (Wildman–Crippen LogP) is 6.82. The molecule has 1 amide bonds. The Labute approximate surface area is 258 Å². The van der Waals surface area contributed by atoms with Gasteiger partial charge in [0.2, 0.25) is 0 Å². The van der Waals surface area contributed by atoms with E-state index in [4.69, 9.17) is 33.2 Å². The van der Waals surface area contributed by atoms with Crippen molar-refractivity contribution in [3.8, 4) is 0 Å². The van der Waals surface area contributed by atoms with E-state index in [-0.39, 0.29) is 11.8 Å². The fraction of sp³-hybridized carbons (Fsp3) is 0.469. The van der Waals surface area contributed by atoms with Gasteiger partial charge >= 0.3 is 0 Å². The summed E-state index contributed by atoms with van der Waals surface area (Å²) in [6.07, 6.45) is 3.16. The number of likely N-dealkylation sites (N-methyl/N-ethyl adjacent to an activating group) is 1. The number of halogens is 2. The van der Waals surface area contributed by atoms with Crippen molar-refractivity contribution in [2.75, 3.05) is 57.0 Å². The lowest BCUT2D eigenvalue weighted by atomic mass is 9.94. The van der Waals surface area contributed by atoms with E-state index >= 15 is 0 Å². The van der Waals surface area contributed by atoms with Gasteiger partial charge in [-0.3, -0.25) is 9.69 Å². The molecule has 0 aliphatic carbocycles. The van der Waals surface area contributed by atoms with Gasteiger partial charge in [-0.25, -0.2) is 9.97 Å². The fourth-order valence-electron chi connectivity index (χ4n) is 5.93. The smallest absolute Gasteiger partial charge is 0.253 e. The highest BCUT2D eigenvalue weighted by molar-refractivity contribution is 7.99. The average molecular weight is 613 g/mol. The number of hydrogen-bond acceptors (Lipinski definition) is 6. The molecule has 1 atom stereocenters. The second kappa shape index (κ2) is 13.3. The van der Waals surface area contributed by atoms with Gasteiger partial charge in [-0.2, -0.15) is 0 Å². The number of piperazine rings is 1. The second-order valence-electron chi connectivity index (χ2n) is 11.4. The first-order valence-corrected chi connectivity index (χ1v) is 16.2. The summed E-state index contributed by atoms with van der Waals surface area (Å²) >= 11 is 14.6. The van der Waals surface area contributed by atoms with Crippen LogP contribution in [0.4, 0.5) is 5.82 Å². The number of anilines is 1. The number of carbonyl (C=O) groups excluding carboxylic acids is 1. The zero-order chi connectivity index (χ0) is 29.1. The van der Waals surface area contributed by atoms with Crippen molar-refractivity contribution in [2.45, 2.75) is 50.8 Å². The van der Waals surface area contributed by atoms with E-state index in [0.717, 1.165) is 85.2 Å². The molecule has 0 saturated carbocycles. The van der Waals surface area contributed by atoms with Gasteiger partial charge < -0.3 is 9.80 Å². The van der Waals surface area contributed by atoms with Crippen LogP contribution in [-0.2, 0) is 6.42 Å². The van der Waals surface area contributed by atoms with Gasteiger partial charge in [0, 0.05) is 51.3 Å². The normalized spacial score (nSPS) is 16.4.